The molecule has 1 heterocycles. The van der Waals surface area contributed by atoms with Gasteiger partial charge in [-0.15, -0.1) is 0 Å². The van der Waals surface area contributed by atoms with Crippen LogP contribution in [0, 0.1) is 0 Å². The van der Waals surface area contributed by atoms with Crippen LogP contribution in [0.5, 0.6) is 0 Å². The van der Waals surface area contributed by atoms with Crippen LogP contribution in [-0.2, 0) is 9.53 Å². The molecule has 1 N–H and O–H groups in total. The van der Waals surface area contributed by atoms with Gasteiger partial charge in [0.05, 0.1) is 23.3 Å². The number of methoxy groups -OCH3 is 1. The minimum Gasteiger partial charge on any atom is -0.466 e. The van der Waals surface area contributed by atoms with E-state index in [1.54, 1.807) is 19.2 Å². The summed E-state index contributed by atoms with van der Waals surface area (Å²) in [6.45, 7) is 2.22. The molecule has 0 saturated heterocycles. The van der Waals surface area contributed by atoms with Crippen molar-refractivity contribution in [2.75, 3.05) is 19.0 Å². The second-order valence-electron chi connectivity index (χ2n) is 4.25. The molecule has 1 aromatic carbocycles. The third-order valence-corrected chi connectivity index (χ3v) is 3.25. The van der Waals surface area contributed by atoms with Crippen molar-refractivity contribution in [1.82, 2.24) is 4.98 Å². The first-order valence-electron chi connectivity index (χ1n) is 6.15. The summed E-state index contributed by atoms with van der Waals surface area (Å²) in [6, 6.07) is 7.47. The van der Waals surface area contributed by atoms with Crippen molar-refractivity contribution in [2.24, 2.45) is 0 Å². The van der Waals surface area contributed by atoms with Crippen LogP contribution in [0.1, 0.15) is 6.92 Å². The topological polar surface area (TPSA) is 51.2 Å². The van der Waals surface area contributed by atoms with E-state index in [0.29, 0.717) is 17.1 Å². The summed E-state index contributed by atoms with van der Waals surface area (Å²) >= 11 is 6.13. The summed E-state index contributed by atoms with van der Waals surface area (Å²) < 4.78 is 4.64. The lowest BCUT2D eigenvalue weighted by Gasteiger charge is -2.08. The zero-order valence-corrected chi connectivity index (χ0v) is 12.1. The third-order valence-electron chi connectivity index (χ3n) is 2.92. The second-order valence-corrected chi connectivity index (χ2v) is 4.66. The molecule has 1 aromatic heterocycles. The minimum absolute atomic E-state index is 0.328. The highest BCUT2D eigenvalue weighted by atomic mass is 35.5. The van der Waals surface area contributed by atoms with E-state index in [9.17, 15) is 4.79 Å². The number of benzene rings is 1. The lowest BCUT2D eigenvalue weighted by molar-refractivity contribution is -0.136. The van der Waals surface area contributed by atoms with Crippen molar-refractivity contribution in [1.29, 1.82) is 0 Å². The molecule has 0 radical (unpaired) electrons. The van der Waals surface area contributed by atoms with Gasteiger partial charge in [-0.05, 0) is 31.2 Å². The molecular weight excluding hydrogens is 276 g/mol. The maximum atomic E-state index is 11.3. The summed E-state index contributed by atoms with van der Waals surface area (Å²) in [4.78, 5) is 15.6. The number of anilines is 1. The number of hydrogen-bond acceptors (Lipinski definition) is 4. The smallest absolute Gasteiger partial charge is 0.333 e. The maximum Gasteiger partial charge on any atom is 0.333 e. The molecule has 4 nitrogen and oxygen atoms in total. The van der Waals surface area contributed by atoms with Crippen molar-refractivity contribution in [2.45, 2.75) is 6.92 Å². The molecule has 0 atom stereocenters. The first-order valence-corrected chi connectivity index (χ1v) is 6.53. The van der Waals surface area contributed by atoms with Gasteiger partial charge in [-0.1, -0.05) is 17.7 Å². The predicted octanol–water partition coefficient (Wildman–Crippen LogP) is 3.42. The van der Waals surface area contributed by atoms with E-state index >= 15 is 0 Å². The summed E-state index contributed by atoms with van der Waals surface area (Å²) in [5.74, 6) is -0.328. The summed E-state index contributed by atoms with van der Waals surface area (Å²) in [5.41, 5.74) is 2.24. The average Bonchev–Trinajstić information content (AvgIpc) is 2.49. The van der Waals surface area contributed by atoms with Crippen LogP contribution < -0.4 is 5.32 Å². The van der Waals surface area contributed by atoms with Crippen molar-refractivity contribution in [3.8, 4) is 0 Å². The highest BCUT2D eigenvalue weighted by molar-refractivity contribution is 6.35. The Labute approximate surface area is 122 Å². The van der Waals surface area contributed by atoms with Gasteiger partial charge in [0.1, 0.15) is 0 Å². The van der Waals surface area contributed by atoms with Gasteiger partial charge in [-0.2, -0.15) is 0 Å². The molecule has 0 aliphatic rings. The van der Waals surface area contributed by atoms with Crippen LogP contribution in [0.15, 0.2) is 42.1 Å². The molecule has 0 aliphatic carbocycles. The van der Waals surface area contributed by atoms with Gasteiger partial charge >= 0.3 is 5.97 Å². The van der Waals surface area contributed by atoms with E-state index < -0.39 is 0 Å². The highest BCUT2D eigenvalue weighted by Gasteiger charge is 2.05. The first kappa shape index (κ1) is 14.3. The number of halogens is 1. The number of esters is 1. The van der Waals surface area contributed by atoms with E-state index in [2.05, 4.69) is 15.0 Å². The van der Waals surface area contributed by atoms with Crippen LogP contribution in [0.4, 0.5) is 5.69 Å². The number of hydrogen-bond donors (Lipinski definition) is 1. The Kier molecular flexibility index (Phi) is 4.58. The Hall–Kier alpha value is -2.07. The zero-order valence-electron chi connectivity index (χ0n) is 11.3. The van der Waals surface area contributed by atoms with Crippen molar-refractivity contribution in [3.63, 3.8) is 0 Å². The van der Waals surface area contributed by atoms with Crippen molar-refractivity contribution in [3.05, 3.63) is 47.1 Å². The second kappa shape index (κ2) is 6.39. The van der Waals surface area contributed by atoms with Crippen LogP contribution in [-0.4, -0.2) is 24.6 Å². The number of nitrogens with one attached hydrogen (secondary N) is 1. The lowest BCUT2D eigenvalue weighted by Crippen LogP contribution is -2.05. The molecule has 2 rings (SSSR count). The average molecular weight is 291 g/mol. The quantitative estimate of drug-likeness (QED) is 0.692. The molecule has 0 bridgehead atoms. The normalized spacial score (nSPS) is 11.4. The van der Waals surface area contributed by atoms with E-state index in [1.807, 2.05) is 24.3 Å². The van der Waals surface area contributed by atoms with Crippen LogP contribution in [0.3, 0.4) is 0 Å². The molecule has 104 valence electrons. The van der Waals surface area contributed by atoms with Crippen LogP contribution in [0.2, 0.25) is 5.02 Å². The number of fused-ring (bicyclic) bond motifs is 1. The van der Waals surface area contributed by atoms with E-state index in [1.165, 1.54) is 7.11 Å². The predicted molar refractivity (Wildman–Crippen MR) is 81.0 cm³/mol. The van der Waals surface area contributed by atoms with E-state index in [-0.39, 0.29) is 5.97 Å². The number of pyridine rings is 1. The van der Waals surface area contributed by atoms with Crippen molar-refractivity contribution < 1.29 is 9.53 Å². The molecule has 20 heavy (non-hydrogen) atoms. The minimum atomic E-state index is -0.328. The monoisotopic (exact) mass is 290 g/mol. The summed E-state index contributed by atoms with van der Waals surface area (Å²) in [6.07, 6.45) is 3.49. The van der Waals surface area contributed by atoms with Gasteiger partial charge < -0.3 is 10.1 Å². The molecule has 0 spiro atoms. The molecule has 0 amide bonds. The number of aromatic nitrogens is 1. The van der Waals surface area contributed by atoms with Crippen molar-refractivity contribution >= 4 is 34.2 Å². The molecule has 5 heteroatoms. The fourth-order valence-electron chi connectivity index (χ4n) is 1.84. The van der Waals surface area contributed by atoms with E-state index in [4.69, 9.17) is 11.6 Å². The van der Waals surface area contributed by atoms with Gasteiger partial charge in [0, 0.05) is 23.7 Å². The largest absolute Gasteiger partial charge is 0.466 e. The summed E-state index contributed by atoms with van der Waals surface area (Å²) in [7, 11) is 1.36. The molecule has 0 saturated carbocycles. The highest BCUT2D eigenvalue weighted by Crippen LogP contribution is 2.27. The SMILES string of the molecule is COC(=O)/C(C)=C/CNc1ccc(Cl)c2cccnc12. The number of ether oxygens (including phenoxy) is 1. The van der Waals surface area contributed by atoms with Crippen LogP contribution in [0.25, 0.3) is 10.9 Å². The molecule has 2 aromatic rings. The van der Waals surface area contributed by atoms with Gasteiger partial charge in [-0.3, -0.25) is 4.98 Å². The Morgan fingerprint density at radius 1 is 1.45 bits per heavy atom. The number of carbonyl (C=O) groups is 1. The van der Waals surface area contributed by atoms with E-state index in [0.717, 1.165) is 16.6 Å². The molecular formula is C15H15ClN2O2. The Balaban J connectivity index is 2.19. The van der Waals surface area contributed by atoms with Gasteiger partial charge in [0.15, 0.2) is 0 Å². The third kappa shape index (κ3) is 3.08. The Morgan fingerprint density at radius 3 is 3.00 bits per heavy atom. The summed E-state index contributed by atoms with van der Waals surface area (Å²) in [5, 5.41) is 4.78. The molecule has 0 aliphatic heterocycles. The van der Waals surface area contributed by atoms with Gasteiger partial charge in [0.25, 0.3) is 0 Å². The Morgan fingerprint density at radius 2 is 2.25 bits per heavy atom. The van der Waals surface area contributed by atoms with Crippen LogP contribution >= 0.6 is 11.6 Å². The lowest BCUT2D eigenvalue weighted by atomic mass is 10.2. The number of nitrogens with zero attached hydrogens (tertiary/aromatic N) is 1. The van der Waals surface area contributed by atoms with Gasteiger partial charge in [-0.25, -0.2) is 4.79 Å². The maximum absolute atomic E-state index is 11.3. The zero-order chi connectivity index (χ0) is 14.5. The standard InChI is InChI=1S/C15H15ClN2O2/c1-10(15(19)20-2)7-9-17-13-6-5-12(16)11-4-3-8-18-14(11)13/h3-8,17H,9H2,1-2H3/b10-7+. The number of rotatable bonds is 4. The first-order chi connectivity index (χ1) is 9.63. The molecule has 0 fully saturated rings. The Bertz CT molecular complexity index is 668. The fraction of sp³-hybridized carbons (Fsp3) is 0.200. The fourth-order valence-corrected chi connectivity index (χ4v) is 2.05. The number of carbonyl (C=O) groups excluding carboxylic acids is 1. The molecule has 0 unspecified atom stereocenters. The van der Waals surface area contributed by atoms with Gasteiger partial charge in [0.2, 0.25) is 0 Å².